The van der Waals surface area contributed by atoms with Crippen LogP contribution in [0.25, 0.3) is 0 Å². The quantitative estimate of drug-likeness (QED) is 0.414. The van der Waals surface area contributed by atoms with E-state index in [-0.39, 0.29) is 0 Å². The van der Waals surface area contributed by atoms with Crippen molar-refractivity contribution in [3.05, 3.63) is 12.2 Å². The molecule has 1 fully saturated rings. The Labute approximate surface area is 89.8 Å². The third-order valence-electron chi connectivity index (χ3n) is 3.37. The van der Waals surface area contributed by atoms with Crippen LogP contribution in [0.5, 0.6) is 0 Å². The van der Waals surface area contributed by atoms with Crippen molar-refractivity contribution in [1.82, 2.24) is 0 Å². The van der Waals surface area contributed by atoms with Gasteiger partial charge in [0.1, 0.15) is 0 Å². The zero-order valence-corrected chi connectivity index (χ0v) is 9.97. The standard InChI is InChI=1S/C14H26/c1-3-4-5-8-13(2)11-12-14-9-6-7-10-14/h11-14H,3-10H2,1-2H3/b12-11+/t13-/m0/s1. The first kappa shape index (κ1) is 11.8. The minimum atomic E-state index is 0.808. The molecule has 0 radical (unpaired) electrons. The summed E-state index contributed by atoms with van der Waals surface area (Å²) in [7, 11) is 0. The first-order valence-electron chi connectivity index (χ1n) is 6.51. The molecule has 0 aromatic carbocycles. The third-order valence-corrected chi connectivity index (χ3v) is 3.37. The van der Waals surface area contributed by atoms with Crippen LogP contribution in [0.2, 0.25) is 0 Å². The molecule has 0 heteroatoms. The molecular formula is C14H26. The van der Waals surface area contributed by atoms with Gasteiger partial charge in [0.2, 0.25) is 0 Å². The van der Waals surface area contributed by atoms with Crippen LogP contribution in [-0.4, -0.2) is 0 Å². The van der Waals surface area contributed by atoms with Crippen LogP contribution < -0.4 is 0 Å². The molecule has 0 saturated heterocycles. The average Bonchev–Trinajstić information content (AvgIpc) is 2.68. The maximum Gasteiger partial charge on any atom is -0.0233 e. The van der Waals surface area contributed by atoms with Gasteiger partial charge in [-0.05, 0) is 31.1 Å². The molecular weight excluding hydrogens is 168 g/mol. The van der Waals surface area contributed by atoms with E-state index < -0.39 is 0 Å². The zero-order valence-electron chi connectivity index (χ0n) is 9.97. The lowest BCUT2D eigenvalue weighted by Gasteiger charge is -2.07. The summed E-state index contributed by atoms with van der Waals surface area (Å²) in [5.74, 6) is 1.73. The van der Waals surface area contributed by atoms with E-state index in [1.54, 1.807) is 0 Å². The number of allylic oxidation sites excluding steroid dienone is 2. The normalized spacial score (nSPS) is 20.7. The summed E-state index contributed by atoms with van der Waals surface area (Å²) < 4.78 is 0. The second-order valence-electron chi connectivity index (χ2n) is 4.90. The van der Waals surface area contributed by atoms with Gasteiger partial charge in [-0.3, -0.25) is 0 Å². The van der Waals surface area contributed by atoms with E-state index in [1.165, 1.54) is 51.4 Å². The Balaban J connectivity index is 2.08. The van der Waals surface area contributed by atoms with Crippen molar-refractivity contribution in [2.24, 2.45) is 11.8 Å². The van der Waals surface area contributed by atoms with Crippen LogP contribution in [0.3, 0.4) is 0 Å². The van der Waals surface area contributed by atoms with Crippen LogP contribution >= 0.6 is 0 Å². The van der Waals surface area contributed by atoms with Crippen molar-refractivity contribution in [2.45, 2.75) is 65.2 Å². The van der Waals surface area contributed by atoms with Crippen LogP contribution in [0.4, 0.5) is 0 Å². The highest BCUT2D eigenvalue weighted by molar-refractivity contribution is 4.93. The molecule has 0 heterocycles. The van der Waals surface area contributed by atoms with E-state index in [0.717, 1.165) is 11.8 Å². The Kier molecular flexibility index (Phi) is 5.98. The Morgan fingerprint density at radius 3 is 2.57 bits per heavy atom. The molecule has 82 valence electrons. The van der Waals surface area contributed by atoms with Gasteiger partial charge in [-0.25, -0.2) is 0 Å². The first-order chi connectivity index (χ1) is 6.83. The molecule has 0 bridgehead atoms. The van der Waals surface area contributed by atoms with Gasteiger partial charge in [-0.1, -0.05) is 58.1 Å². The molecule has 1 saturated carbocycles. The Bertz CT molecular complexity index is 151. The molecule has 0 amide bonds. The number of rotatable bonds is 6. The van der Waals surface area contributed by atoms with Gasteiger partial charge in [0.15, 0.2) is 0 Å². The molecule has 0 N–H and O–H groups in total. The monoisotopic (exact) mass is 194 g/mol. The number of hydrogen-bond donors (Lipinski definition) is 0. The second-order valence-corrected chi connectivity index (χ2v) is 4.90. The third kappa shape index (κ3) is 4.83. The Morgan fingerprint density at radius 2 is 1.93 bits per heavy atom. The SMILES string of the molecule is CCCCC[C@H](C)/C=C/C1CCCC1. The summed E-state index contributed by atoms with van der Waals surface area (Å²) in [6.45, 7) is 4.64. The molecule has 1 aliphatic rings. The van der Waals surface area contributed by atoms with Crippen LogP contribution in [-0.2, 0) is 0 Å². The smallest absolute Gasteiger partial charge is 0.0233 e. The lowest BCUT2D eigenvalue weighted by Crippen LogP contribution is -1.92. The van der Waals surface area contributed by atoms with E-state index in [9.17, 15) is 0 Å². The fourth-order valence-corrected chi connectivity index (χ4v) is 2.31. The predicted octanol–water partition coefficient (Wildman–Crippen LogP) is 4.95. The minimum Gasteiger partial charge on any atom is -0.0854 e. The lowest BCUT2D eigenvalue weighted by molar-refractivity contribution is 0.569. The molecule has 0 spiro atoms. The van der Waals surface area contributed by atoms with Crippen molar-refractivity contribution in [3.8, 4) is 0 Å². The maximum atomic E-state index is 2.49. The van der Waals surface area contributed by atoms with Crippen molar-refractivity contribution in [3.63, 3.8) is 0 Å². The molecule has 14 heavy (non-hydrogen) atoms. The van der Waals surface area contributed by atoms with Crippen LogP contribution in [0, 0.1) is 11.8 Å². The minimum absolute atomic E-state index is 0.808. The first-order valence-corrected chi connectivity index (χ1v) is 6.51. The van der Waals surface area contributed by atoms with Crippen LogP contribution in [0.15, 0.2) is 12.2 Å². The summed E-state index contributed by atoms with van der Waals surface area (Å²) in [6.07, 6.45) is 16.3. The van der Waals surface area contributed by atoms with E-state index in [2.05, 4.69) is 26.0 Å². The predicted molar refractivity (Wildman–Crippen MR) is 64.4 cm³/mol. The highest BCUT2D eigenvalue weighted by Crippen LogP contribution is 2.26. The van der Waals surface area contributed by atoms with Crippen molar-refractivity contribution >= 4 is 0 Å². The van der Waals surface area contributed by atoms with E-state index in [4.69, 9.17) is 0 Å². The lowest BCUT2D eigenvalue weighted by atomic mass is 9.99. The summed E-state index contributed by atoms with van der Waals surface area (Å²) in [5.41, 5.74) is 0. The Morgan fingerprint density at radius 1 is 1.21 bits per heavy atom. The number of unbranched alkanes of at least 4 members (excludes halogenated alkanes) is 2. The van der Waals surface area contributed by atoms with Gasteiger partial charge in [-0.15, -0.1) is 0 Å². The molecule has 0 aromatic rings. The largest absolute Gasteiger partial charge is 0.0854 e. The molecule has 1 aliphatic carbocycles. The van der Waals surface area contributed by atoms with Crippen molar-refractivity contribution in [1.29, 1.82) is 0 Å². The molecule has 0 unspecified atom stereocenters. The topological polar surface area (TPSA) is 0 Å². The molecule has 1 rings (SSSR count). The summed E-state index contributed by atoms with van der Waals surface area (Å²) in [4.78, 5) is 0. The second kappa shape index (κ2) is 7.09. The summed E-state index contributed by atoms with van der Waals surface area (Å²) in [6, 6.07) is 0. The van der Waals surface area contributed by atoms with Gasteiger partial charge < -0.3 is 0 Å². The zero-order chi connectivity index (χ0) is 10.2. The highest BCUT2D eigenvalue weighted by Gasteiger charge is 2.11. The highest BCUT2D eigenvalue weighted by atomic mass is 14.2. The molecule has 1 atom stereocenters. The molecule has 0 nitrogen and oxygen atoms in total. The summed E-state index contributed by atoms with van der Waals surface area (Å²) in [5, 5.41) is 0. The summed E-state index contributed by atoms with van der Waals surface area (Å²) >= 11 is 0. The van der Waals surface area contributed by atoms with Gasteiger partial charge in [0.05, 0.1) is 0 Å². The van der Waals surface area contributed by atoms with E-state index >= 15 is 0 Å². The van der Waals surface area contributed by atoms with Gasteiger partial charge in [0, 0.05) is 0 Å². The van der Waals surface area contributed by atoms with E-state index in [0.29, 0.717) is 0 Å². The number of hydrogen-bond acceptors (Lipinski definition) is 0. The molecule has 0 aliphatic heterocycles. The van der Waals surface area contributed by atoms with Crippen molar-refractivity contribution < 1.29 is 0 Å². The Hall–Kier alpha value is -0.260. The van der Waals surface area contributed by atoms with Gasteiger partial charge in [0.25, 0.3) is 0 Å². The fourth-order valence-electron chi connectivity index (χ4n) is 2.31. The molecule has 0 aromatic heterocycles. The van der Waals surface area contributed by atoms with Gasteiger partial charge >= 0.3 is 0 Å². The average molecular weight is 194 g/mol. The fraction of sp³-hybridized carbons (Fsp3) is 0.857. The van der Waals surface area contributed by atoms with Crippen LogP contribution in [0.1, 0.15) is 65.2 Å². The van der Waals surface area contributed by atoms with Gasteiger partial charge in [-0.2, -0.15) is 0 Å². The maximum absolute atomic E-state index is 2.49. The van der Waals surface area contributed by atoms with Crippen molar-refractivity contribution in [2.75, 3.05) is 0 Å². The van der Waals surface area contributed by atoms with E-state index in [1.807, 2.05) is 0 Å².